The van der Waals surface area contributed by atoms with Crippen LogP contribution in [-0.2, 0) is 6.18 Å². The summed E-state index contributed by atoms with van der Waals surface area (Å²) in [7, 11) is 0. The number of nitro benzene ring substituents is 1. The molecule has 1 aromatic heterocycles. The molecule has 1 heterocycles. The van der Waals surface area contributed by atoms with E-state index in [9.17, 15) is 23.3 Å². The lowest BCUT2D eigenvalue weighted by atomic mass is 10.0. The molecular weight excluding hydrogens is 359 g/mol. The van der Waals surface area contributed by atoms with Crippen molar-refractivity contribution < 1.29 is 18.1 Å². The van der Waals surface area contributed by atoms with Gasteiger partial charge in [-0.15, -0.1) is 0 Å². The third kappa shape index (κ3) is 4.22. The molecule has 0 saturated heterocycles. The predicted molar refractivity (Wildman–Crippen MR) is 94.2 cm³/mol. The number of benzene rings is 2. The van der Waals surface area contributed by atoms with Crippen molar-refractivity contribution in [3.05, 3.63) is 99.9 Å². The van der Waals surface area contributed by atoms with E-state index < -0.39 is 28.4 Å². The van der Waals surface area contributed by atoms with Crippen LogP contribution in [0.2, 0.25) is 0 Å². The second kappa shape index (κ2) is 7.45. The van der Waals surface area contributed by atoms with Crippen molar-refractivity contribution >= 4 is 11.4 Å². The number of anilines is 1. The maximum Gasteiger partial charge on any atom is 0.416 e. The van der Waals surface area contributed by atoms with Crippen molar-refractivity contribution in [1.29, 1.82) is 0 Å². The van der Waals surface area contributed by atoms with E-state index in [1.165, 1.54) is 0 Å². The average Bonchev–Trinajstić information content (AvgIpc) is 2.66. The van der Waals surface area contributed by atoms with Gasteiger partial charge in [0, 0.05) is 12.3 Å². The number of alkyl halides is 3. The minimum Gasteiger partial charge on any atom is -0.367 e. The van der Waals surface area contributed by atoms with Gasteiger partial charge in [-0.05, 0) is 29.8 Å². The van der Waals surface area contributed by atoms with E-state index in [4.69, 9.17) is 0 Å². The van der Waals surface area contributed by atoms with Crippen LogP contribution in [0.3, 0.4) is 0 Å². The van der Waals surface area contributed by atoms with Crippen LogP contribution in [0.25, 0.3) is 0 Å². The molecule has 0 aliphatic carbocycles. The lowest BCUT2D eigenvalue weighted by molar-refractivity contribution is -0.384. The van der Waals surface area contributed by atoms with Crippen molar-refractivity contribution in [3.8, 4) is 0 Å². The van der Waals surface area contributed by atoms with E-state index in [0.29, 0.717) is 11.8 Å². The van der Waals surface area contributed by atoms with Gasteiger partial charge in [0.25, 0.3) is 5.69 Å². The molecule has 1 unspecified atom stereocenters. The molecule has 27 heavy (non-hydrogen) atoms. The molecule has 8 heteroatoms. The minimum absolute atomic E-state index is 0.0208. The number of aromatic nitrogens is 1. The predicted octanol–water partition coefficient (Wildman–Crippen LogP) is 5.21. The number of hydrogen-bond acceptors (Lipinski definition) is 4. The quantitative estimate of drug-likeness (QED) is 0.492. The minimum atomic E-state index is -4.66. The number of rotatable bonds is 5. The fourth-order valence-corrected chi connectivity index (χ4v) is 2.66. The first-order chi connectivity index (χ1) is 12.9. The number of nitrogens with zero attached hydrogens (tertiary/aromatic N) is 2. The van der Waals surface area contributed by atoms with Crippen LogP contribution in [0.15, 0.2) is 72.9 Å². The fourth-order valence-electron chi connectivity index (χ4n) is 2.66. The van der Waals surface area contributed by atoms with Crippen molar-refractivity contribution in [1.82, 2.24) is 4.98 Å². The maximum atomic E-state index is 12.9. The zero-order chi connectivity index (χ0) is 19.4. The third-order valence-electron chi connectivity index (χ3n) is 3.94. The Bertz CT molecular complexity index is 892. The standard InChI is InChI=1S/C19H14F3N3O2/c20-19(21,22)14-9-10-15(17(12-14)25(26)27)24-18(13-6-2-1-3-7-13)16-8-4-5-11-23-16/h1-12,18,24H. The van der Waals surface area contributed by atoms with Gasteiger partial charge in [0.1, 0.15) is 5.69 Å². The molecular formula is C19H14F3N3O2. The molecule has 5 nitrogen and oxygen atoms in total. The van der Waals surface area contributed by atoms with E-state index in [1.807, 2.05) is 18.2 Å². The van der Waals surface area contributed by atoms with Crippen LogP contribution in [-0.4, -0.2) is 9.91 Å². The Morgan fingerprint density at radius 2 is 1.70 bits per heavy atom. The number of hydrogen-bond donors (Lipinski definition) is 1. The molecule has 1 atom stereocenters. The highest BCUT2D eigenvalue weighted by Gasteiger charge is 2.33. The highest BCUT2D eigenvalue weighted by atomic mass is 19.4. The Balaban J connectivity index is 2.05. The number of halogens is 3. The van der Waals surface area contributed by atoms with Gasteiger partial charge in [-0.2, -0.15) is 13.2 Å². The van der Waals surface area contributed by atoms with Crippen molar-refractivity contribution in [2.45, 2.75) is 12.2 Å². The Morgan fingerprint density at radius 3 is 2.30 bits per heavy atom. The average molecular weight is 373 g/mol. The van der Waals surface area contributed by atoms with Gasteiger partial charge in [-0.1, -0.05) is 36.4 Å². The summed E-state index contributed by atoms with van der Waals surface area (Å²) in [4.78, 5) is 14.8. The molecule has 0 aliphatic rings. The lowest BCUT2D eigenvalue weighted by Crippen LogP contribution is -2.15. The Morgan fingerprint density at radius 1 is 1.00 bits per heavy atom. The number of pyridine rings is 1. The van der Waals surface area contributed by atoms with Crippen molar-refractivity contribution in [2.75, 3.05) is 5.32 Å². The zero-order valence-electron chi connectivity index (χ0n) is 13.9. The molecule has 1 N–H and O–H groups in total. The lowest BCUT2D eigenvalue weighted by Gasteiger charge is -2.20. The maximum absolute atomic E-state index is 12.9. The summed E-state index contributed by atoms with van der Waals surface area (Å²) < 4.78 is 38.7. The smallest absolute Gasteiger partial charge is 0.367 e. The zero-order valence-corrected chi connectivity index (χ0v) is 13.9. The molecule has 0 fully saturated rings. The SMILES string of the molecule is O=[N+]([O-])c1cc(C(F)(F)F)ccc1NC(c1ccccc1)c1ccccn1. The first-order valence-corrected chi connectivity index (χ1v) is 7.94. The summed E-state index contributed by atoms with van der Waals surface area (Å²) in [6.07, 6.45) is -3.09. The van der Waals surface area contributed by atoms with Gasteiger partial charge in [0.15, 0.2) is 0 Å². The molecule has 3 aromatic rings. The third-order valence-corrected chi connectivity index (χ3v) is 3.94. The molecule has 0 spiro atoms. The summed E-state index contributed by atoms with van der Waals surface area (Å²) in [6, 6.07) is 16.1. The second-order valence-electron chi connectivity index (χ2n) is 5.73. The van der Waals surface area contributed by atoms with Gasteiger partial charge in [0.05, 0.1) is 22.2 Å². The Hall–Kier alpha value is -3.42. The van der Waals surface area contributed by atoms with Gasteiger partial charge in [-0.25, -0.2) is 0 Å². The van der Waals surface area contributed by atoms with Gasteiger partial charge >= 0.3 is 6.18 Å². The van der Waals surface area contributed by atoms with Gasteiger partial charge in [0.2, 0.25) is 0 Å². The first kappa shape index (κ1) is 18.4. The molecule has 0 saturated carbocycles. The van der Waals surface area contributed by atoms with Crippen molar-refractivity contribution in [2.24, 2.45) is 0 Å². The summed E-state index contributed by atoms with van der Waals surface area (Å²) >= 11 is 0. The summed E-state index contributed by atoms with van der Waals surface area (Å²) in [6.45, 7) is 0. The molecule has 2 aromatic carbocycles. The van der Waals surface area contributed by atoms with Crippen LogP contribution in [0.4, 0.5) is 24.5 Å². The molecule has 0 radical (unpaired) electrons. The highest BCUT2D eigenvalue weighted by molar-refractivity contribution is 5.64. The fraction of sp³-hybridized carbons (Fsp3) is 0.105. The normalized spacial score (nSPS) is 12.4. The van der Waals surface area contributed by atoms with E-state index in [2.05, 4.69) is 10.3 Å². The van der Waals surface area contributed by atoms with Gasteiger partial charge < -0.3 is 5.32 Å². The monoisotopic (exact) mass is 373 g/mol. The molecule has 138 valence electrons. The highest BCUT2D eigenvalue weighted by Crippen LogP contribution is 2.37. The van der Waals surface area contributed by atoms with Crippen LogP contribution < -0.4 is 5.32 Å². The summed E-state index contributed by atoms with van der Waals surface area (Å²) in [5, 5.41) is 14.3. The van der Waals surface area contributed by atoms with Crippen LogP contribution in [0, 0.1) is 10.1 Å². The summed E-state index contributed by atoms with van der Waals surface area (Å²) in [5.74, 6) is 0. The van der Waals surface area contributed by atoms with Crippen molar-refractivity contribution in [3.63, 3.8) is 0 Å². The van der Waals surface area contributed by atoms with Gasteiger partial charge in [-0.3, -0.25) is 15.1 Å². The summed E-state index contributed by atoms with van der Waals surface area (Å²) in [5.41, 5.74) is -0.397. The Kier molecular flexibility index (Phi) is 5.07. The number of nitrogens with one attached hydrogen (secondary N) is 1. The van der Waals surface area contributed by atoms with Crippen LogP contribution >= 0.6 is 0 Å². The molecule has 0 aliphatic heterocycles. The van der Waals surface area contributed by atoms with E-state index in [-0.39, 0.29) is 5.69 Å². The largest absolute Gasteiger partial charge is 0.416 e. The topological polar surface area (TPSA) is 68.1 Å². The van der Waals surface area contributed by atoms with E-state index >= 15 is 0 Å². The number of nitro groups is 1. The van der Waals surface area contributed by atoms with Crippen LogP contribution in [0.1, 0.15) is 22.9 Å². The molecule has 3 rings (SSSR count). The first-order valence-electron chi connectivity index (χ1n) is 7.94. The van der Waals surface area contributed by atoms with Crippen LogP contribution in [0.5, 0.6) is 0 Å². The Labute approximate surface area is 152 Å². The molecule has 0 amide bonds. The van der Waals surface area contributed by atoms with E-state index in [1.54, 1.807) is 36.5 Å². The molecule has 0 bridgehead atoms. The van der Waals surface area contributed by atoms with E-state index in [0.717, 1.165) is 17.7 Å². The second-order valence-corrected chi connectivity index (χ2v) is 5.73.